The number of benzene rings is 1. The summed E-state index contributed by atoms with van der Waals surface area (Å²) in [6.07, 6.45) is -3.54. The number of halogens is 4. The van der Waals surface area contributed by atoms with Gasteiger partial charge in [0.05, 0.1) is 25.9 Å². The summed E-state index contributed by atoms with van der Waals surface area (Å²) < 4.78 is 69.7. The summed E-state index contributed by atoms with van der Waals surface area (Å²) in [5.74, 6) is 0. The highest BCUT2D eigenvalue weighted by Gasteiger charge is 2.46. The van der Waals surface area contributed by atoms with Crippen LogP contribution in [0.15, 0.2) is 47.5 Å². The SMILES string of the molecule is CC1(S(=O)(=O)c2cccc(C(F)(F)F)c2)CCOC(c2ncccc2Cl)C1. The molecule has 2 aromatic rings. The second-order valence-electron chi connectivity index (χ2n) is 6.66. The first-order chi connectivity index (χ1) is 12.5. The average Bonchev–Trinajstić information content (AvgIpc) is 2.61. The van der Waals surface area contributed by atoms with Crippen molar-refractivity contribution in [3.8, 4) is 0 Å². The molecule has 1 saturated heterocycles. The lowest BCUT2D eigenvalue weighted by atomic mass is 9.94. The fourth-order valence-electron chi connectivity index (χ4n) is 3.15. The van der Waals surface area contributed by atoms with Crippen LogP contribution in [-0.4, -0.2) is 24.8 Å². The second kappa shape index (κ2) is 7.07. The molecule has 1 fully saturated rings. The molecule has 2 atom stereocenters. The number of aromatic nitrogens is 1. The van der Waals surface area contributed by atoms with Crippen LogP contribution in [0.2, 0.25) is 5.02 Å². The lowest BCUT2D eigenvalue weighted by Crippen LogP contribution is -2.42. The minimum atomic E-state index is -4.62. The lowest BCUT2D eigenvalue weighted by molar-refractivity contribution is -0.137. The minimum Gasteiger partial charge on any atom is -0.372 e. The molecule has 1 aliphatic rings. The van der Waals surface area contributed by atoms with Gasteiger partial charge in [-0.05, 0) is 50.1 Å². The highest BCUT2D eigenvalue weighted by atomic mass is 35.5. The van der Waals surface area contributed by atoms with Gasteiger partial charge in [0, 0.05) is 12.8 Å². The Morgan fingerprint density at radius 3 is 2.67 bits per heavy atom. The van der Waals surface area contributed by atoms with Crippen molar-refractivity contribution in [1.29, 1.82) is 0 Å². The third kappa shape index (κ3) is 3.83. The Hall–Kier alpha value is -1.64. The number of ether oxygens (including phenoxy) is 1. The number of hydrogen-bond donors (Lipinski definition) is 0. The molecule has 0 bridgehead atoms. The predicted molar refractivity (Wildman–Crippen MR) is 94.2 cm³/mol. The van der Waals surface area contributed by atoms with E-state index in [0.29, 0.717) is 16.8 Å². The summed E-state index contributed by atoms with van der Waals surface area (Å²) >= 11 is 6.14. The maximum absolute atomic E-state index is 13.2. The first-order valence-corrected chi connectivity index (χ1v) is 10.0. The third-order valence-corrected chi connectivity index (χ3v) is 7.64. The lowest BCUT2D eigenvalue weighted by Gasteiger charge is -2.37. The number of nitrogens with zero attached hydrogens (tertiary/aromatic N) is 1. The minimum absolute atomic E-state index is 0.0440. The van der Waals surface area contributed by atoms with Crippen LogP contribution in [0.3, 0.4) is 0 Å². The number of hydrogen-bond acceptors (Lipinski definition) is 4. The molecule has 0 radical (unpaired) electrons. The van der Waals surface area contributed by atoms with Gasteiger partial charge in [0.15, 0.2) is 9.84 Å². The summed E-state index contributed by atoms with van der Waals surface area (Å²) in [6.45, 7) is 1.65. The first-order valence-electron chi connectivity index (χ1n) is 8.18. The molecule has 1 aromatic heterocycles. The van der Waals surface area contributed by atoms with Crippen LogP contribution >= 0.6 is 11.6 Å². The summed E-state index contributed by atoms with van der Waals surface area (Å²) in [5.41, 5.74) is -0.576. The molecule has 1 aliphatic heterocycles. The molecule has 0 N–H and O–H groups in total. The first kappa shape index (κ1) is 20.1. The van der Waals surface area contributed by atoms with Gasteiger partial charge in [0.25, 0.3) is 0 Å². The smallest absolute Gasteiger partial charge is 0.372 e. The number of sulfone groups is 1. The number of alkyl halides is 3. The van der Waals surface area contributed by atoms with Crippen molar-refractivity contribution >= 4 is 21.4 Å². The Balaban J connectivity index is 1.97. The van der Waals surface area contributed by atoms with Gasteiger partial charge < -0.3 is 4.74 Å². The van der Waals surface area contributed by atoms with Gasteiger partial charge in [-0.25, -0.2) is 8.42 Å². The summed E-state index contributed by atoms with van der Waals surface area (Å²) in [6, 6.07) is 7.09. The van der Waals surface area contributed by atoms with E-state index in [2.05, 4.69) is 4.98 Å². The zero-order valence-electron chi connectivity index (χ0n) is 14.3. The van der Waals surface area contributed by atoms with Crippen LogP contribution in [0.25, 0.3) is 0 Å². The zero-order valence-corrected chi connectivity index (χ0v) is 15.9. The van der Waals surface area contributed by atoms with E-state index >= 15 is 0 Å². The molecule has 0 spiro atoms. The van der Waals surface area contributed by atoms with Gasteiger partial charge in [-0.2, -0.15) is 13.2 Å². The van der Waals surface area contributed by atoms with Crippen LogP contribution in [0, 0.1) is 0 Å². The Morgan fingerprint density at radius 2 is 2.00 bits per heavy atom. The van der Waals surface area contributed by atoms with E-state index in [9.17, 15) is 21.6 Å². The van der Waals surface area contributed by atoms with E-state index in [1.54, 1.807) is 12.1 Å². The number of rotatable bonds is 3. The molecular formula is C18H17ClF3NO3S. The molecule has 27 heavy (non-hydrogen) atoms. The molecule has 4 nitrogen and oxygen atoms in total. The molecule has 2 unspecified atom stereocenters. The monoisotopic (exact) mass is 419 g/mol. The maximum atomic E-state index is 13.2. The van der Waals surface area contributed by atoms with E-state index in [4.69, 9.17) is 16.3 Å². The van der Waals surface area contributed by atoms with Crippen LogP contribution in [0.4, 0.5) is 13.2 Å². The van der Waals surface area contributed by atoms with Crippen molar-refractivity contribution in [2.45, 2.75) is 41.7 Å². The summed E-state index contributed by atoms with van der Waals surface area (Å²) in [4.78, 5) is 3.81. The van der Waals surface area contributed by atoms with Gasteiger partial charge >= 0.3 is 6.18 Å². The van der Waals surface area contributed by atoms with Gasteiger partial charge in [-0.15, -0.1) is 0 Å². The molecule has 1 aromatic carbocycles. The zero-order chi connectivity index (χ0) is 19.9. The van der Waals surface area contributed by atoms with Gasteiger partial charge in [-0.3, -0.25) is 4.98 Å². The highest BCUT2D eigenvalue weighted by Crippen LogP contribution is 2.43. The van der Waals surface area contributed by atoms with Crippen LogP contribution in [0.5, 0.6) is 0 Å². The molecule has 3 rings (SSSR count). The van der Waals surface area contributed by atoms with Crippen molar-refractivity contribution in [2.24, 2.45) is 0 Å². The largest absolute Gasteiger partial charge is 0.416 e. The molecule has 0 saturated carbocycles. The van der Waals surface area contributed by atoms with Gasteiger partial charge in [0.1, 0.15) is 6.10 Å². The Morgan fingerprint density at radius 1 is 1.26 bits per heavy atom. The average molecular weight is 420 g/mol. The van der Waals surface area contributed by atoms with Crippen LogP contribution in [0.1, 0.15) is 37.1 Å². The predicted octanol–water partition coefficient (Wildman–Crippen LogP) is 4.84. The molecule has 9 heteroatoms. The molecular weight excluding hydrogens is 403 g/mol. The normalized spacial score (nSPS) is 24.0. The number of pyridine rings is 1. The molecule has 0 aliphatic carbocycles. The summed E-state index contributed by atoms with van der Waals surface area (Å²) in [7, 11) is -4.05. The van der Waals surface area contributed by atoms with E-state index in [-0.39, 0.29) is 24.3 Å². The standard InChI is InChI=1S/C18H17ClF3NO3S/c1-17(7-9-26-15(11-17)16-14(19)6-3-8-23-16)27(24,25)13-5-2-4-12(10-13)18(20,21)22/h2-6,8,10,15H,7,9,11H2,1H3. The Labute approximate surface area is 160 Å². The summed E-state index contributed by atoms with van der Waals surface area (Å²) in [5, 5.41) is 0.350. The van der Waals surface area contributed by atoms with Crippen molar-refractivity contribution in [3.05, 3.63) is 58.9 Å². The highest BCUT2D eigenvalue weighted by molar-refractivity contribution is 7.92. The Bertz CT molecular complexity index is 949. The van der Waals surface area contributed by atoms with Crippen LogP contribution in [-0.2, 0) is 20.8 Å². The molecule has 0 amide bonds. The Kier molecular flexibility index (Phi) is 5.26. The van der Waals surface area contributed by atoms with Crippen molar-refractivity contribution in [2.75, 3.05) is 6.61 Å². The maximum Gasteiger partial charge on any atom is 0.416 e. The van der Waals surface area contributed by atoms with Crippen molar-refractivity contribution < 1.29 is 26.3 Å². The van der Waals surface area contributed by atoms with Crippen molar-refractivity contribution in [3.63, 3.8) is 0 Å². The second-order valence-corrected chi connectivity index (χ2v) is 9.53. The fourth-order valence-corrected chi connectivity index (χ4v) is 5.22. The van der Waals surface area contributed by atoms with E-state index in [0.717, 1.165) is 12.1 Å². The van der Waals surface area contributed by atoms with E-state index < -0.39 is 32.4 Å². The van der Waals surface area contributed by atoms with E-state index in [1.807, 2.05) is 0 Å². The molecule has 2 heterocycles. The quantitative estimate of drug-likeness (QED) is 0.714. The van der Waals surface area contributed by atoms with Crippen LogP contribution < -0.4 is 0 Å². The van der Waals surface area contributed by atoms with Crippen molar-refractivity contribution in [1.82, 2.24) is 4.98 Å². The fraction of sp³-hybridized carbons (Fsp3) is 0.389. The topological polar surface area (TPSA) is 56.3 Å². The third-order valence-electron chi connectivity index (χ3n) is 4.78. The molecule has 146 valence electrons. The van der Waals surface area contributed by atoms with Gasteiger partial charge in [-0.1, -0.05) is 17.7 Å². The van der Waals surface area contributed by atoms with E-state index in [1.165, 1.54) is 19.2 Å². The van der Waals surface area contributed by atoms with Gasteiger partial charge in [0.2, 0.25) is 0 Å².